The Kier molecular flexibility index (Phi) is 4.95. The molecule has 0 amide bonds. The summed E-state index contributed by atoms with van der Waals surface area (Å²) in [5.41, 5.74) is 1.10. The van der Waals surface area contributed by atoms with E-state index in [0.717, 1.165) is 5.56 Å². The maximum Gasteiger partial charge on any atom is 0.258 e. The van der Waals surface area contributed by atoms with Crippen LogP contribution in [0.25, 0.3) is 0 Å². The van der Waals surface area contributed by atoms with Gasteiger partial charge in [-0.25, -0.2) is 17.5 Å². The molecule has 1 aromatic carbocycles. The second kappa shape index (κ2) is 6.86. The number of benzene rings is 1. The lowest BCUT2D eigenvalue weighted by molar-refractivity contribution is 0.0517. The van der Waals surface area contributed by atoms with Gasteiger partial charge in [0.15, 0.2) is 5.03 Å². The third-order valence-corrected chi connectivity index (χ3v) is 6.44. The molecule has 1 aromatic heterocycles. The lowest BCUT2D eigenvalue weighted by Crippen LogP contribution is -2.45. The fourth-order valence-electron chi connectivity index (χ4n) is 3.36. The van der Waals surface area contributed by atoms with Gasteiger partial charge in [-0.15, -0.1) is 0 Å². The number of hydrogen-bond donors (Lipinski definition) is 1. The molecule has 1 fully saturated rings. The van der Waals surface area contributed by atoms with Crippen molar-refractivity contribution in [3.05, 3.63) is 47.4 Å². The van der Waals surface area contributed by atoms with Gasteiger partial charge < -0.3 is 4.74 Å². The van der Waals surface area contributed by atoms with Crippen molar-refractivity contribution in [2.45, 2.75) is 30.2 Å². The first-order valence-corrected chi connectivity index (χ1v) is 9.64. The van der Waals surface area contributed by atoms with E-state index >= 15 is 0 Å². The number of halogens is 1. The summed E-state index contributed by atoms with van der Waals surface area (Å²) >= 11 is 0. The summed E-state index contributed by atoms with van der Waals surface area (Å²) in [6.45, 7) is 3.04. The van der Waals surface area contributed by atoms with Crippen LogP contribution in [-0.2, 0) is 27.2 Å². The van der Waals surface area contributed by atoms with Crippen molar-refractivity contribution in [1.82, 2.24) is 14.5 Å². The van der Waals surface area contributed by atoms with Crippen molar-refractivity contribution in [3.8, 4) is 0 Å². The van der Waals surface area contributed by atoms with Crippen LogP contribution in [-0.4, -0.2) is 38.0 Å². The molecular weight excluding hydrogens is 345 g/mol. The molecule has 0 spiro atoms. The maximum atomic E-state index is 13.3. The van der Waals surface area contributed by atoms with E-state index in [2.05, 4.69) is 9.82 Å². The smallest absolute Gasteiger partial charge is 0.258 e. The summed E-state index contributed by atoms with van der Waals surface area (Å²) in [5, 5.41) is 4.16. The van der Waals surface area contributed by atoms with Gasteiger partial charge in [0.25, 0.3) is 10.0 Å². The molecule has 6 nitrogen and oxygen atoms in total. The summed E-state index contributed by atoms with van der Waals surface area (Å²) in [6, 6.07) is 6.27. The Balaban J connectivity index is 1.88. The Morgan fingerprint density at radius 3 is 2.48 bits per heavy atom. The topological polar surface area (TPSA) is 73.2 Å². The Hall–Kier alpha value is -1.77. The van der Waals surface area contributed by atoms with Crippen LogP contribution in [0.2, 0.25) is 0 Å². The third kappa shape index (κ3) is 3.61. The van der Waals surface area contributed by atoms with E-state index in [1.54, 1.807) is 26.1 Å². The third-order valence-electron chi connectivity index (χ3n) is 4.82. The van der Waals surface area contributed by atoms with Crippen molar-refractivity contribution in [3.63, 3.8) is 0 Å². The van der Waals surface area contributed by atoms with E-state index in [9.17, 15) is 12.8 Å². The average molecular weight is 367 g/mol. The summed E-state index contributed by atoms with van der Waals surface area (Å²) in [7, 11) is -2.09. The standard InChI is InChI=1S/C17H22FN3O3S/c1-13-11-19-21(2)16(13)25(22,23)20-12-17(7-9-24-10-8-17)14-3-5-15(18)6-4-14/h3-6,11,20H,7-10,12H2,1-2H3. The highest BCUT2D eigenvalue weighted by Gasteiger charge is 2.36. The summed E-state index contributed by atoms with van der Waals surface area (Å²) in [5.74, 6) is -0.308. The molecule has 0 aliphatic carbocycles. The van der Waals surface area contributed by atoms with Crippen molar-refractivity contribution < 1.29 is 17.5 Å². The van der Waals surface area contributed by atoms with E-state index in [1.807, 2.05) is 0 Å². The van der Waals surface area contributed by atoms with E-state index in [1.165, 1.54) is 23.0 Å². The highest BCUT2D eigenvalue weighted by Crippen LogP contribution is 2.34. The van der Waals surface area contributed by atoms with Gasteiger partial charge in [-0.2, -0.15) is 5.10 Å². The molecule has 25 heavy (non-hydrogen) atoms. The first kappa shape index (κ1) is 18.0. The number of aromatic nitrogens is 2. The molecule has 0 radical (unpaired) electrons. The van der Waals surface area contributed by atoms with Crippen LogP contribution in [0.15, 0.2) is 35.5 Å². The minimum Gasteiger partial charge on any atom is -0.381 e. The minimum absolute atomic E-state index is 0.161. The molecule has 1 aliphatic heterocycles. The van der Waals surface area contributed by atoms with Gasteiger partial charge in [-0.3, -0.25) is 4.68 Å². The van der Waals surface area contributed by atoms with E-state index in [-0.39, 0.29) is 17.4 Å². The molecule has 1 saturated heterocycles. The fraction of sp³-hybridized carbons (Fsp3) is 0.471. The van der Waals surface area contributed by atoms with Gasteiger partial charge in [0.05, 0.1) is 6.20 Å². The molecule has 8 heteroatoms. The number of ether oxygens (including phenoxy) is 1. The van der Waals surface area contributed by atoms with Crippen molar-refractivity contribution in [2.75, 3.05) is 19.8 Å². The summed E-state index contributed by atoms with van der Waals surface area (Å²) < 4.78 is 48.3. The molecule has 3 rings (SSSR count). The zero-order chi connectivity index (χ0) is 18.1. The number of nitrogens with one attached hydrogen (secondary N) is 1. The average Bonchev–Trinajstić information content (AvgIpc) is 2.94. The van der Waals surface area contributed by atoms with Crippen LogP contribution in [0.5, 0.6) is 0 Å². The first-order chi connectivity index (χ1) is 11.8. The van der Waals surface area contributed by atoms with Crippen LogP contribution in [0.3, 0.4) is 0 Å². The van der Waals surface area contributed by atoms with Crippen LogP contribution < -0.4 is 4.72 Å². The van der Waals surface area contributed by atoms with Crippen molar-refractivity contribution in [2.24, 2.45) is 7.05 Å². The van der Waals surface area contributed by atoms with Gasteiger partial charge in [0.2, 0.25) is 0 Å². The van der Waals surface area contributed by atoms with Gasteiger partial charge in [0, 0.05) is 37.8 Å². The van der Waals surface area contributed by atoms with Gasteiger partial charge >= 0.3 is 0 Å². The predicted octanol–water partition coefficient (Wildman–Crippen LogP) is 1.89. The molecule has 0 atom stereocenters. The second-order valence-electron chi connectivity index (χ2n) is 6.48. The molecule has 136 valence electrons. The number of nitrogens with zero attached hydrogens (tertiary/aromatic N) is 2. The SMILES string of the molecule is Cc1cnn(C)c1S(=O)(=O)NCC1(c2ccc(F)cc2)CCOCC1. The zero-order valence-corrected chi connectivity index (χ0v) is 15.1. The number of hydrogen-bond acceptors (Lipinski definition) is 4. The molecule has 1 N–H and O–H groups in total. The van der Waals surface area contributed by atoms with Gasteiger partial charge in [-0.05, 0) is 37.5 Å². The van der Waals surface area contributed by atoms with Crippen LogP contribution in [0.4, 0.5) is 4.39 Å². The van der Waals surface area contributed by atoms with E-state index in [0.29, 0.717) is 31.6 Å². The minimum atomic E-state index is -3.70. The monoisotopic (exact) mass is 367 g/mol. The van der Waals surface area contributed by atoms with E-state index in [4.69, 9.17) is 4.74 Å². The quantitative estimate of drug-likeness (QED) is 0.876. The lowest BCUT2D eigenvalue weighted by atomic mass is 9.74. The van der Waals surface area contributed by atoms with Gasteiger partial charge in [0.1, 0.15) is 5.82 Å². The van der Waals surface area contributed by atoms with Crippen LogP contribution in [0.1, 0.15) is 24.0 Å². The zero-order valence-electron chi connectivity index (χ0n) is 14.3. The Morgan fingerprint density at radius 2 is 1.92 bits per heavy atom. The summed E-state index contributed by atoms with van der Waals surface area (Å²) in [4.78, 5) is 0. The Labute approximate surface area is 147 Å². The molecular formula is C17H22FN3O3S. The van der Waals surface area contributed by atoms with Crippen LogP contribution >= 0.6 is 0 Å². The Morgan fingerprint density at radius 1 is 1.28 bits per heavy atom. The highest BCUT2D eigenvalue weighted by atomic mass is 32.2. The largest absolute Gasteiger partial charge is 0.381 e. The molecule has 2 aromatic rings. The second-order valence-corrected chi connectivity index (χ2v) is 8.16. The predicted molar refractivity (Wildman–Crippen MR) is 91.3 cm³/mol. The van der Waals surface area contributed by atoms with Crippen molar-refractivity contribution in [1.29, 1.82) is 0 Å². The first-order valence-electron chi connectivity index (χ1n) is 8.16. The van der Waals surface area contributed by atoms with Gasteiger partial charge in [-0.1, -0.05) is 12.1 Å². The molecule has 0 bridgehead atoms. The van der Waals surface area contributed by atoms with Crippen molar-refractivity contribution >= 4 is 10.0 Å². The number of rotatable bonds is 5. The number of sulfonamides is 1. The molecule has 0 unspecified atom stereocenters. The summed E-state index contributed by atoms with van der Waals surface area (Å²) in [6.07, 6.45) is 2.87. The highest BCUT2D eigenvalue weighted by molar-refractivity contribution is 7.89. The lowest BCUT2D eigenvalue weighted by Gasteiger charge is -2.37. The fourth-order valence-corrected chi connectivity index (χ4v) is 4.83. The Bertz CT molecular complexity index is 821. The van der Waals surface area contributed by atoms with E-state index < -0.39 is 15.4 Å². The molecule has 1 aliphatic rings. The number of aryl methyl sites for hydroxylation is 2. The normalized spacial score (nSPS) is 17.6. The maximum absolute atomic E-state index is 13.3. The van der Waals surface area contributed by atoms with Crippen LogP contribution in [0, 0.1) is 12.7 Å². The molecule has 0 saturated carbocycles. The molecule has 2 heterocycles.